The number of carbonyl (C=O) groups excluding carboxylic acids is 1. The molecule has 1 N–H and O–H groups in total. The van der Waals surface area contributed by atoms with Crippen LogP contribution in [-0.4, -0.2) is 40.1 Å². The maximum Gasteiger partial charge on any atom is 0.319 e. The zero-order chi connectivity index (χ0) is 18.7. The van der Waals surface area contributed by atoms with Crippen molar-refractivity contribution >= 4 is 43.2 Å². The monoisotopic (exact) mass is 399 g/mol. The Balaban J connectivity index is 1.61. The summed E-state index contributed by atoms with van der Waals surface area (Å²) in [5, 5.41) is 3.71. The Morgan fingerprint density at radius 3 is 2.77 bits per heavy atom. The summed E-state index contributed by atoms with van der Waals surface area (Å²) in [7, 11) is 0. The molecule has 0 unspecified atom stereocenters. The highest BCUT2D eigenvalue weighted by atomic mass is 32.1. The number of carbonyl (C=O) groups is 1. The average Bonchev–Trinajstić information content (AvgIpc) is 3.30. The number of alkyl halides is 2. The van der Waals surface area contributed by atoms with Gasteiger partial charge in [0.05, 0.1) is 9.58 Å². The molecule has 0 bridgehead atoms. The van der Waals surface area contributed by atoms with E-state index in [4.69, 9.17) is 0 Å². The summed E-state index contributed by atoms with van der Waals surface area (Å²) in [6, 6.07) is 1.83. The van der Waals surface area contributed by atoms with Crippen LogP contribution in [0.15, 0.2) is 18.5 Å². The minimum Gasteiger partial charge on any atom is -0.351 e. The lowest BCUT2D eigenvalue weighted by atomic mass is 10.3. The van der Waals surface area contributed by atoms with Gasteiger partial charge in [-0.3, -0.25) is 9.36 Å². The van der Waals surface area contributed by atoms with Crippen LogP contribution in [0.25, 0.3) is 9.53 Å². The number of fused-ring (bicyclic) bond motifs is 1. The first kappa shape index (κ1) is 18.7. The first-order chi connectivity index (χ1) is 12.5. The number of thiazole rings is 1. The fourth-order valence-electron chi connectivity index (χ4n) is 2.56. The van der Waals surface area contributed by atoms with Crippen molar-refractivity contribution in [1.29, 1.82) is 0 Å². The van der Waals surface area contributed by atoms with Gasteiger partial charge in [0, 0.05) is 38.4 Å². The second kappa shape index (κ2) is 8.09. The maximum atomic E-state index is 12.8. The van der Waals surface area contributed by atoms with Gasteiger partial charge in [-0.1, -0.05) is 11.3 Å². The predicted molar refractivity (Wildman–Crippen MR) is 101 cm³/mol. The number of thiophene rings is 1. The number of amides is 1. The number of nitrogens with zero attached hydrogens (tertiary/aromatic N) is 4. The van der Waals surface area contributed by atoms with E-state index in [1.807, 2.05) is 6.07 Å². The molecule has 0 fully saturated rings. The molecular formula is C16H19F2N5OS2. The van der Waals surface area contributed by atoms with E-state index < -0.39 is 6.55 Å². The number of rotatable bonds is 8. The fraction of sp³-hybridized carbons (Fsp3) is 0.438. The molecule has 0 saturated carbocycles. The molecule has 6 nitrogen and oxygen atoms in total. The van der Waals surface area contributed by atoms with Gasteiger partial charge in [0.15, 0.2) is 5.13 Å². The van der Waals surface area contributed by atoms with Crippen molar-refractivity contribution < 1.29 is 13.6 Å². The summed E-state index contributed by atoms with van der Waals surface area (Å²) in [5.41, 5.74) is 0. The molecule has 0 atom stereocenters. The van der Waals surface area contributed by atoms with E-state index in [-0.39, 0.29) is 24.7 Å². The summed E-state index contributed by atoms with van der Waals surface area (Å²) in [4.78, 5) is 24.4. The largest absolute Gasteiger partial charge is 0.351 e. The molecule has 10 heteroatoms. The smallest absolute Gasteiger partial charge is 0.319 e. The Labute approximate surface area is 157 Å². The third-order valence-electron chi connectivity index (χ3n) is 3.93. The summed E-state index contributed by atoms with van der Waals surface area (Å²) in [6.45, 7) is 3.55. The van der Waals surface area contributed by atoms with Crippen LogP contribution in [0.3, 0.4) is 0 Å². The quantitative estimate of drug-likeness (QED) is 0.626. The first-order valence-corrected chi connectivity index (χ1v) is 9.90. The van der Waals surface area contributed by atoms with Crippen LogP contribution in [-0.2, 0) is 6.42 Å². The van der Waals surface area contributed by atoms with Gasteiger partial charge < -0.3 is 10.2 Å². The van der Waals surface area contributed by atoms with E-state index in [0.717, 1.165) is 32.3 Å². The van der Waals surface area contributed by atoms with Gasteiger partial charge in [0.2, 0.25) is 0 Å². The molecule has 3 aromatic heterocycles. The van der Waals surface area contributed by atoms with Crippen LogP contribution in [0.2, 0.25) is 0 Å². The van der Waals surface area contributed by atoms with Crippen LogP contribution >= 0.6 is 22.7 Å². The standard InChI is InChI=1S/C16H19F2N5OS2/c1-3-22(4-2)16-21-14-11(26-16)9-10(25-14)13(24)20-6-5-12-19-7-8-23(12)15(17)18/h7-9,15H,3-6H2,1-2H3,(H,20,24). The first-order valence-electron chi connectivity index (χ1n) is 8.26. The van der Waals surface area contributed by atoms with Crippen molar-refractivity contribution in [1.82, 2.24) is 19.9 Å². The van der Waals surface area contributed by atoms with Crippen molar-refractivity contribution in [2.24, 2.45) is 0 Å². The molecule has 0 spiro atoms. The average molecular weight is 399 g/mol. The van der Waals surface area contributed by atoms with Crippen LogP contribution in [0.1, 0.15) is 35.9 Å². The molecule has 140 valence electrons. The van der Waals surface area contributed by atoms with E-state index in [1.54, 1.807) is 11.3 Å². The summed E-state index contributed by atoms with van der Waals surface area (Å²) >= 11 is 2.91. The van der Waals surface area contributed by atoms with Crippen molar-refractivity contribution in [3.8, 4) is 0 Å². The van der Waals surface area contributed by atoms with Gasteiger partial charge in [0.1, 0.15) is 10.7 Å². The van der Waals surface area contributed by atoms with Crippen molar-refractivity contribution in [2.45, 2.75) is 26.8 Å². The second-order valence-corrected chi connectivity index (χ2v) is 7.52. The zero-order valence-electron chi connectivity index (χ0n) is 14.4. The van der Waals surface area contributed by atoms with Crippen LogP contribution in [0.4, 0.5) is 13.9 Å². The van der Waals surface area contributed by atoms with E-state index in [9.17, 15) is 13.6 Å². The second-order valence-electron chi connectivity index (χ2n) is 5.48. The van der Waals surface area contributed by atoms with Crippen LogP contribution in [0.5, 0.6) is 0 Å². The van der Waals surface area contributed by atoms with Gasteiger partial charge in [-0.15, -0.1) is 11.3 Å². The van der Waals surface area contributed by atoms with Gasteiger partial charge in [0.25, 0.3) is 5.91 Å². The molecule has 0 aliphatic carbocycles. The molecule has 26 heavy (non-hydrogen) atoms. The molecule has 3 heterocycles. The number of anilines is 1. The Bertz CT molecular complexity index is 853. The molecule has 0 radical (unpaired) electrons. The zero-order valence-corrected chi connectivity index (χ0v) is 16.0. The number of halogens is 2. The molecule has 0 aliphatic rings. The maximum absolute atomic E-state index is 12.8. The number of aromatic nitrogens is 3. The molecule has 3 rings (SSSR count). The SMILES string of the molecule is CCN(CC)c1nc2sc(C(=O)NCCc3nccn3C(F)F)cc2s1. The van der Waals surface area contributed by atoms with E-state index >= 15 is 0 Å². The molecule has 0 aromatic carbocycles. The molecular weight excluding hydrogens is 380 g/mol. The minimum atomic E-state index is -2.63. The molecule has 1 amide bonds. The Morgan fingerprint density at radius 2 is 2.12 bits per heavy atom. The summed E-state index contributed by atoms with van der Waals surface area (Å²) < 4.78 is 27.3. The van der Waals surface area contributed by atoms with Crippen molar-refractivity contribution in [3.05, 3.63) is 29.2 Å². The molecule has 0 aliphatic heterocycles. The third kappa shape index (κ3) is 3.85. The predicted octanol–water partition coefficient (Wildman–Crippen LogP) is 3.77. The number of hydrogen-bond acceptors (Lipinski definition) is 6. The lowest BCUT2D eigenvalue weighted by Crippen LogP contribution is -2.25. The molecule has 0 saturated heterocycles. The summed E-state index contributed by atoms with van der Waals surface area (Å²) in [5.74, 6) is 0.0257. The topological polar surface area (TPSA) is 63.1 Å². The lowest BCUT2D eigenvalue weighted by molar-refractivity contribution is 0.0670. The highest BCUT2D eigenvalue weighted by Crippen LogP contribution is 2.34. The Hall–Kier alpha value is -2.07. The third-order valence-corrected chi connectivity index (χ3v) is 6.15. The van der Waals surface area contributed by atoms with Crippen LogP contribution < -0.4 is 10.2 Å². The van der Waals surface area contributed by atoms with Gasteiger partial charge in [-0.2, -0.15) is 8.78 Å². The van der Waals surface area contributed by atoms with E-state index in [1.165, 1.54) is 23.7 Å². The minimum absolute atomic E-state index is 0.222. The Kier molecular flexibility index (Phi) is 5.82. The number of nitrogens with one attached hydrogen (secondary N) is 1. The van der Waals surface area contributed by atoms with Gasteiger partial charge in [-0.05, 0) is 19.9 Å². The fourth-order valence-corrected chi connectivity index (χ4v) is 4.81. The molecule has 3 aromatic rings. The van der Waals surface area contributed by atoms with Crippen molar-refractivity contribution in [3.63, 3.8) is 0 Å². The van der Waals surface area contributed by atoms with Crippen molar-refractivity contribution in [2.75, 3.05) is 24.5 Å². The normalized spacial score (nSPS) is 11.4. The van der Waals surface area contributed by atoms with Gasteiger partial charge >= 0.3 is 6.55 Å². The van der Waals surface area contributed by atoms with Crippen LogP contribution in [0, 0.1) is 0 Å². The lowest BCUT2D eigenvalue weighted by Gasteiger charge is -2.16. The van der Waals surface area contributed by atoms with E-state index in [2.05, 4.69) is 34.0 Å². The highest BCUT2D eigenvalue weighted by molar-refractivity contribution is 7.29. The van der Waals surface area contributed by atoms with E-state index in [0.29, 0.717) is 4.88 Å². The summed E-state index contributed by atoms with van der Waals surface area (Å²) in [6.07, 6.45) is 2.80. The Morgan fingerprint density at radius 1 is 1.35 bits per heavy atom. The highest BCUT2D eigenvalue weighted by Gasteiger charge is 2.16. The number of hydrogen-bond donors (Lipinski definition) is 1. The number of imidazole rings is 1. The van der Waals surface area contributed by atoms with Gasteiger partial charge in [-0.25, -0.2) is 9.97 Å².